The van der Waals surface area contributed by atoms with Crippen molar-refractivity contribution in [2.45, 2.75) is 25.0 Å². The molecular formula is C18H15Cl3N2O2. The summed E-state index contributed by atoms with van der Waals surface area (Å²) in [6.07, 6.45) is 2.34. The number of amides is 1. The van der Waals surface area contributed by atoms with Gasteiger partial charge in [-0.2, -0.15) is 0 Å². The minimum atomic E-state index is -0.289. The molecule has 1 aromatic heterocycles. The maximum atomic E-state index is 11.7. The first-order valence-electron chi connectivity index (χ1n) is 7.69. The van der Waals surface area contributed by atoms with Crippen LogP contribution in [-0.4, -0.2) is 10.9 Å². The van der Waals surface area contributed by atoms with Gasteiger partial charge in [0.05, 0.1) is 21.8 Å². The Labute approximate surface area is 160 Å². The van der Waals surface area contributed by atoms with Crippen LogP contribution in [-0.2, 0) is 4.79 Å². The molecule has 130 valence electrons. The van der Waals surface area contributed by atoms with Crippen LogP contribution in [0.1, 0.15) is 36.2 Å². The van der Waals surface area contributed by atoms with E-state index >= 15 is 0 Å². The number of nitrogens with one attached hydrogen (secondary N) is 1. The van der Waals surface area contributed by atoms with E-state index in [2.05, 4.69) is 16.9 Å². The maximum absolute atomic E-state index is 11.7. The Morgan fingerprint density at radius 2 is 2.00 bits per heavy atom. The fourth-order valence-corrected chi connectivity index (χ4v) is 3.28. The Kier molecular flexibility index (Phi) is 5.52. The van der Waals surface area contributed by atoms with Gasteiger partial charge in [-0.25, -0.2) is 4.98 Å². The Morgan fingerprint density at radius 1 is 1.20 bits per heavy atom. The molecule has 1 aliphatic rings. The van der Waals surface area contributed by atoms with Crippen LogP contribution in [0.3, 0.4) is 0 Å². The lowest BCUT2D eigenvalue weighted by molar-refractivity contribution is -0.117. The monoisotopic (exact) mass is 396 g/mol. The summed E-state index contributed by atoms with van der Waals surface area (Å²) < 4.78 is 6.06. The summed E-state index contributed by atoms with van der Waals surface area (Å²) >= 11 is 18.1. The zero-order chi connectivity index (χ0) is 18.0. The number of nitrogens with zero attached hydrogens (tertiary/aromatic N) is 1. The average molecular weight is 398 g/mol. The lowest BCUT2D eigenvalue weighted by Crippen LogP contribution is -2.32. The van der Waals surface area contributed by atoms with Gasteiger partial charge in [0, 0.05) is 6.07 Å². The molecule has 0 spiro atoms. The number of benzene rings is 1. The number of fused-ring (bicyclic) bond motifs is 1. The van der Waals surface area contributed by atoms with Crippen molar-refractivity contribution in [2.75, 3.05) is 0 Å². The first-order valence-corrected chi connectivity index (χ1v) is 8.82. The second kappa shape index (κ2) is 7.65. The molecule has 2 aromatic rings. The zero-order valence-corrected chi connectivity index (χ0v) is 15.4. The summed E-state index contributed by atoms with van der Waals surface area (Å²) in [7, 11) is 0. The molecule has 0 fully saturated rings. The summed E-state index contributed by atoms with van der Waals surface area (Å²) in [5.74, 6) is 0.371. The normalized spacial score (nSPS) is 19.0. The van der Waals surface area contributed by atoms with Gasteiger partial charge in [-0.1, -0.05) is 47.4 Å². The maximum Gasteiger partial charge on any atom is 0.243 e. The van der Waals surface area contributed by atoms with Gasteiger partial charge >= 0.3 is 0 Å². The third-order valence-electron chi connectivity index (χ3n) is 3.99. The van der Waals surface area contributed by atoms with E-state index in [1.54, 1.807) is 24.3 Å². The highest BCUT2D eigenvalue weighted by Crippen LogP contribution is 2.39. The minimum absolute atomic E-state index is 0.154. The fraction of sp³-hybridized carbons (Fsp3) is 0.222. The molecule has 2 atom stereocenters. The van der Waals surface area contributed by atoms with E-state index in [-0.39, 0.29) is 18.1 Å². The molecule has 1 aliphatic carbocycles. The third kappa shape index (κ3) is 4.09. The highest BCUT2D eigenvalue weighted by atomic mass is 35.5. The Bertz CT molecular complexity index is 826. The van der Waals surface area contributed by atoms with Crippen LogP contribution in [0.2, 0.25) is 15.2 Å². The molecule has 0 bridgehead atoms. The van der Waals surface area contributed by atoms with E-state index in [0.717, 1.165) is 5.56 Å². The number of pyridine rings is 1. The van der Waals surface area contributed by atoms with Gasteiger partial charge in [0.2, 0.25) is 5.91 Å². The van der Waals surface area contributed by atoms with E-state index in [9.17, 15) is 4.79 Å². The average Bonchev–Trinajstić information content (AvgIpc) is 2.60. The predicted octanol–water partition coefficient (Wildman–Crippen LogP) is 5.30. The molecule has 1 aromatic carbocycles. The van der Waals surface area contributed by atoms with Crippen LogP contribution < -0.4 is 10.1 Å². The first kappa shape index (κ1) is 18.1. The highest BCUT2D eigenvalue weighted by Gasteiger charge is 2.31. The van der Waals surface area contributed by atoms with Crippen molar-refractivity contribution in [2.24, 2.45) is 0 Å². The van der Waals surface area contributed by atoms with Crippen LogP contribution >= 0.6 is 34.8 Å². The Balaban J connectivity index is 1.89. The fourth-order valence-electron chi connectivity index (χ4n) is 2.83. The Morgan fingerprint density at radius 3 is 2.72 bits per heavy atom. The highest BCUT2D eigenvalue weighted by molar-refractivity contribution is 6.42. The van der Waals surface area contributed by atoms with Crippen LogP contribution in [0, 0.1) is 0 Å². The van der Waals surface area contributed by atoms with Crippen molar-refractivity contribution in [1.82, 2.24) is 10.3 Å². The van der Waals surface area contributed by atoms with Gasteiger partial charge in [-0.3, -0.25) is 4.79 Å². The standard InChI is InChI=1S/C18H15Cl3N2O2/c1-2-17(24)22-14-6-7-15(18-11(14)4-8-16(21)23-18)25-10-3-5-12(19)13(20)9-10/h2-5,8-9,14-15H,1,6-7H2,(H,22,24). The summed E-state index contributed by atoms with van der Waals surface area (Å²) in [5, 5.41) is 4.17. The summed E-state index contributed by atoms with van der Waals surface area (Å²) in [4.78, 5) is 16.1. The van der Waals surface area contributed by atoms with Gasteiger partial charge in [-0.05, 0) is 42.7 Å². The first-order chi connectivity index (χ1) is 12.0. The number of rotatable bonds is 4. The number of carbonyl (C=O) groups excluding carboxylic acids is 1. The Hall–Kier alpha value is -1.75. The van der Waals surface area contributed by atoms with Crippen LogP contribution in [0.25, 0.3) is 0 Å². The summed E-state index contributed by atoms with van der Waals surface area (Å²) in [6.45, 7) is 3.49. The second-order valence-corrected chi connectivity index (χ2v) is 6.84. The van der Waals surface area contributed by atoms with Gasteiger partial charge in [0.1, 0.15) is 17.0 Å². The molecule has 3 rings (SSSR count). The molecule has 25 heavy (non-hydrogen) atoms. The van der Waals surface area contributed by atoms with E-state index in [1.165, 1.54) is 6.08 Å². The van der Waals surface area contributed by atoms with E-state index in [0.29, 0.717) is 39.5 Å². The smallest absolute Gasteiger partial charge is 0.243 e. The van der Waals surface area contributed by atoms with Crippen LogP contribution in [0.4, 0.5) is 0 Å². The molecular weight excluding hydrogens is 383 g/mol. The molecule has 0 saturated carbocycles. The van der Waals surface area contributed by atoms with Crippen molar-refractivity contribution < 1.29 is 9.53 Å². The largest absolute Gasteiger partial charge is 0.484 e. The molecule has 2 unspecified atom stereocenters. The number of hydrogen-bond donors (Lipinski definition) is 1. The molecule has 0 radical (unpaired) electrons. The molecule has 0 aliphatic heterocycles. The van der Waals surface area contributed by atoms with Crippen LogP contribution in [0.5, 0.6) is 5.75 Å². The topological polar surface area (TPSA) is 51.2 Å². The number of aromatic nitrogens is 1. The molecule has 1 N–H and O–H groups in total. The third-order valence-corrected chi connectivity index (χ3v) is 4.94. The number of ether oxygens (including phenoxy) is 1. The van der Waals surface area contributed by atoms with Gasteiger partial charge in [0.15, 0.2) is 0 Å². The van der Waals surface area contributed by atoms with Gasteiger partial charge < -0.3 is 10.1 Å². The molecule has 1 amide bonds. The summed E-state index contributed by atoms with van der Waals surface area (Å²) in [5.41, 5.74) is 1.59. The number of carbonyl (C=O) groups is 1. The van der Waals surface area contributed by atoms with Crippen molar-refractivity contribution in [3.63, 3.8) is 0 Å². The lowest BCUT2D eigenvalue weighted by Gasteiger charge is -2.31. The van der Waals surface area contributed by atoms with Gasteiger partial charge in [-0.15, -0.1) is 0 Å². The van der Waals surface area contributed by atoms with E-state index < -0.39 is 0 Å². The van der Waals surface area contributed by atoms with Crippen molar-refractivity contribution in [3.05, 3.63) is 69.4 Å². The molecule has 7 heteroatoms. The van der Waals surface area contributed by atoms with Crippen molar-refractivity contribution in [1.29, 1.82) is 0 Å². The minimum Gasteiger partial charge on any atom is -0.484 e. The van der Waals surface area contributed by atoms with Crippen LogP contribution in [0.15, 0.2) is 43.0 Å². The lowest BCUT2D eigenvalue weighted by atomic mass is 9.89. The molecule has 1 heterocycles. The molecule has 0 saturated heterocycles. The number of hydrogen-bond acceptors (Lipinski definition) is 3. The number of halogens is 3. The van der Waals surface area contributed by atoms with E-state index in [1.807, 2.05) is 6.07 Å². The van der Waals surface area contributed by atoms with Crippen molar-refractivity contribution >= 4 is 40.7 Å². The second-order valence-electron chi connectivity index (χ2n) is 5.63. The SMILES string of the molecule is C=CC(=O)NC1CCC(Oc2ccc(Cl)c(Cl)c2)c2nc(Cl)ccc21. The summed E-state index contributed by atoms with van der Waals surface area (Å²) in [6, 6.07) is 8.52. The quantitative estimate of drug-likeness (QED) is 0.562. The zero-order valence-electron chi connectivity index (χ0n) is 13.1. The van der Waals surface area contributed by atoms with Gasteiger partial charge in [0.25, 0.3) is 0 Å². The van der Waals surface area contributed by atoms with Crippen molar-refractivity contribution in [3.8, 4) is 5.75 Å². The molecule has 4 nitrogen and oxygen atoms in total. The van der Waals surface area contributed by atoms with E-state index in [4.69, 9.17) is 39.5 Å². The predicted molar refractivity (Wildman–Crippen MR) is 99.4 cm³/mol.